The second-order valence-electron chi connectivity index (χ2n) is 14.9. The molecule has 0 aromatic carbocycles. The number of carbonyl (C=O) groups excluding carboxylic acids is 1. The normalized spacial score (nSPS) is 56.9. The molecule has 1 amide bonds. The van der Waals surface area contributed by atoms with Crippen molar-refractivity contribution in [2.75, 3.05) is 6.54 Å². The number of carbonyl (C=O) groups is 1. The summed E-state index contributed by atoms with van der Waals surface area (Å²) in [7, 11) is 0. The number of rotatable bonds is 3. The van der Waals surface area contributed by atoms with Gasteiger partial charge in [-0.3, -0.25) is 4.79 Å². The molecule has 6 rings (SSSR count). The van der Waals surface area contributed by atoms with Gasteiger partial charge in [0.2, 0.25) is 5.91 Å². The zero-order chi connectivity index (χ0) is 24.3. The van der Waals surface area contributed by atoms with Crippen molar-refractivity contribution in [2.24, 2.45) is 50.7 Å². The van der Waals surface area contributed by atoms with Gasteiger partial charge in [-0.05, 0) is 115 Å². The zero-order valence-corrected chi connectivity index (χ0v) is 22.6. The lowest BCUT2D eigenvalue weighted by Gasteiger charge is -2.63. The van der Waals surface area contributed by atoms with Gasteiger partial charge in [-0.2, -0.15) is 0 Å². The second kappa shape index (κ2) is 7.24. The summed E-state index contributed by atoms with van der Waals surface area (Å²) < 4.78 is 6.88. The average molecular weight is 472 g/mol. The standard InChI is InChI=1S/C30H49NO3/c1-18-15-20(10-14-31-19(2)32)34-21-16-28(6)23-8-7-22-26(3,4)24(33)9-11-29(22)17-30(23,29)13-12-27(28,5)25(18)21/h18,20-25,33H,7-17H2,1-6H3,(H,31,32)/t18-,20?,21?,22?,23?,24?,25?,27?,28+,29?,30?/m1/s1. The number of nitrogens with one attached hydrogen (secondary N) is 1. The Morgan fingerprint density at radius 2 is 1.71 bits per heavy atom. The summed E-state index contributed by atoms with van der Waals surface area (Å²) in [5, 5.41) is 13.9. The number of aliphatic hydroxyl groups excluding tert-OH is 1. The highest BCUT2D eigenvalue weighted by Crippen LogP contribution is 2.89. The third kappa shape index (κ3) is 2.77. The van der Waals surface area contributed by atoms with E-state index in [0.717, 1.165) is 31.7 Å². The molecule has 1 heterocycles. The molecule has 9 unspecified atom stereocenters. The quantitative estimate of drug-likeness (QED) is 0.554. The molecule has 0 radical (unpaired) electrons. The van der Waals surface area contributed by atoms with Crippen LogP contribution >= 0.6 is 0 Å². The Hall–Kier alpha value is -0.610. The molecule has 4 heteroatoms. The van der Waals surface area contributed by atoms with Crippen molar-refractivity contribution in [3.63, 3.8) is 0 Å². The molecule has 6 aliphatic rings. The van der Waals surface area contributed by atoms with E-state index in [-0.39, 0.29) is 23.5 Å². The molecule has 0 aromatic heterocycles. The van der Waals surface area contributed by atoms with Crippen LogP contribution in [0.2, 0.25) is 0 Å². The van der Waals surface area contributed by atoms with Crippen LogP contribution in [-0.2, 0) is 9.53 Å². The van der Waals surface area contributed by atoms with Crippen molar-refractivity contribution < 1.29 is 14.6 Å². The number of hydrogen-bond donors (Lipinski definition) is 2. The Morgan fingerprint density at radius 1 is 1.00 bits per heavy atom. The van der Waals surface area contributed by atoms with Crippen molar-refractivity contribution >= 4 is 5.91 Å². The predicted molar refractivity (Wildman–Crippen MR) is 134 cm³/mol. The van der Waals surface area contributed by atoms with Crippen LogP contribution in [0.15, 0.2) is 0 Å². The maximum Gasteiger partial charge on any atom is 0.216 e. The van der Waals surface area contributed by atoms with E-state index in [4.69, 9.17) is 4.74 Å². The fourth-order valence-corrected chi connectivity index (χ4v) is 12.0. The van der Waals surface area contributed by atoms with E-state index < -0.39 is 0 Å². The van der Waals surface area contributed by atoms with Gasteiger partial charge in [-0.1, -0.05) is 34.6 Å². The molecule has 5 saturated carbocycles. The maximum absolute atomic E-state index is 11.3. The highest BCUT2D eigenvalue weighted by Gasteiger charge is 2.83. The number of aliphatic hydroxyl groups is 1. The molecule has 2 N–H and O–H groups in total. The molecule has 0 aromatic rings. The van der Waals surface area contributed by atoms with E-state index in [1.807, 2.05) is 0 Å². The molecule has 5 aliphatic carbocycles. The lowest BCUT2D eigenvalue weighted by atomic mass is 9.41. The second-order valence-corrected chi connectivity index (χ2v) is 14.9. The molecule has 11 atom stereocenters. The molecular formula is C30H49NO3. The number of amides is 1. The first-order chi connectivity index (χ1) is 15.9. The van der Waals surface area contributed by atoms with Gasteiger partial charge >= 0.3 is 0 Å². The van der Waals surface area contributed by atoms with Crippen LogP contribution in [0.1, 0.15) is 106 Å². The number of ether oxygens (including phenoxy) is 1. The van der Waals surface area contributed by atoms with Crippen LogP contribution in [0.25, 0.3) is 0 Å². The van der Waals surface area contributed by atoms with Gasteiger partial charge < -0.3 is 15.2 Å². The van der Waals surface area contributed by atoms with E-state index >= 15 is 0 Å². The van der Waals surface area contributed by atoms with Gasteiger partial charge in [-0.15, -0.1) is 0 Å². The molecule has 6 fully saturated rings. The van der Waals surface area contributed by atoms with Crippen molar-refractivity contribution in [1.82, 2.24) is 5.32 Å². The van der Waals surface area contributed by atoms with E-state index in [1.165, 1.54) is 44.9 Å². The highest BCUT2D eigenvalue weighted by atomic mass is 16.5. The van der Waals surface area contributed by atoms with E-state index in [0.29, 0.717) is 45.5 Å². The van der Waals surface area contributed by atoms with Gasteiger partial charge in [-0.25, -0.2) is 0 Å². The van der Waals surface area contributed by atoms with Gasteiger partial charge in [0.25, 0.3) is 0 Å². The Balaban J connectivity index is 1.27. The van der Waals surface area contributed by atoms with Crippen molar-refractivity contribution in [2.45, 2.75) is 124 Å². The summed E-state index contributed by atoms with van der Waals surface area (Å²) in [6.45, 7) is 14.9. The molecule has 0 bridgehead atoms. The summed E-state index contributed by atoms with van der Waals surface area (Å²) in [6.07, 6.45) is 13.0. The molecule has 1 saturated heterocycles. The minimum atomic E-state index is -0.125. The Morgan fingerprint density at radius 3 is 2.44 bits per heavy atom. The van der Waals surface area contributed by atoms with E-state index in [9.17, 15) is 9.90 Å². The Bertz CT molecular complexity index is 871. The smallest absolute Gasteiger partial charge is 0.216 e. The van der Waals surface area contributed by atoms with Crippen LogP contribution < -0.4 is 5.32 Å². The minimum absolute atomic E-state index is 0.0614. The molecule has 1 aliphatic heterocycles. The van der Waals surface area contributed by atoms with Crippen LogP contribution in [0.4, 0.5) is 0 Å². The zero-order valence-electron chi connectivity index (χ0n) is 22.6. The summed E-state index contributed by atoms with van der Waals surface area (Å²) in [6, 6.07) is 0. The van der Waals surface area contributed by atoms with E-state index in [1.54, 1.807) is 6.92 Å². The molecule has 4 nitrogen and oxygen atoms in total. The van der Waals surface area contributed by atoms with Crippen LogP contribution in [0.3, 0.4) is 0 Å². The molecule has 34 heavy (non-hydrogen) atoms. The van der Waals surface area contributed by atoms with Crippen LogP contribution in [-0.4, -0.2) is 35.9 Å². The van der Waals surface area contributed by atoms with Crippen LogP contribution in [0, 0.1) is 50.7 Å². The van der Waals surface area contributed by atoms with Crippen molar-refractivity contribution in [3.05, 3.63) is 0 Å². The lowest BCUT2D eigenvalue weighted by molar-refractivity contribution is -0.166. The molecule has 2 spiro atoms. The van der Waals surface area contributed by atoms with Gasteiger partial charge in [0, 0.05) is 13.5 Å². The van der Waals surface area contributed by atoms with E-state index in [2.05, 4.69) is 39.9 Å². The van der Waals surface area contributed by atoms with Gasteiger partial charge in [0.15, 0.2) is 0 Å². The third-order valence-electron chi connectivity index (χ3n) is 13.6. The first-order valence-electron chi connectivity index (χ1n) is 14.5. The monoisotopic (exact) mass is 471 g/mol. The van der Waals surface area contributed by atoms with Gasteiger partial charge in [0.1, 0.15) is 0 Å². The highest BCUT2D eigenvalue weighted by molar-refractivity contribution is 5.72. The van der Waals surface area contributed by atoms with Crippen molar-refractivity contribution in [1.29, 1.82) is 0 Å². The van der Waals surface area contributed by atoms with Gasteiger partial charge in [0.05, 0.1) is 18.3 Å². The molecule has 192 valence electrons. The third-order valence-corrected chi connectivity index (χ3v) is 13.6. The minimum Gasteiger partial charge on any atom is -0.393 e. The Kier molecular flexibility index (Phi) is 5.06. The predicted octanol–water partition coefficient (Wildman–Crippen LogP) is 5.72. The SMILES string of the molecule is CC(=O)NCCC1C[C@@H](C)C2C(C[C@@]3(C)C4CCC5C(C)(C)C(O)CCC56CC46CCC23C)O1. The fraction of sp³-hybridized carbons (Fsp3) is 0.967. The number of fused-ring (bicyclic) bond motifs is 4. The lowest BCUT2D eigenvalue weighted by Crippen LogP contribution is -2.57. The largest absolute Gasteiger partial charge is 0.393 e. The first-order valence-corrected chi connectivity index (χ1v) is 14.5. The average Bonchev–Trinajstić information content (AvgIpc) is 3.35. The topological polar surface area (TPSA) is 58.6 Å². The maximum atomic E-state index is 11.3. The first kappa shape index (κ1) is 23.8. The fourth-order valence-electron chi connectivity index (χ4n) is 12.0. The van der Waals surface area contributed by atoms with Crippen molar-refractivity contribution in [3.8, 4) is 0 Å². The summed E-state index contributed by atoms with van der Waals surface area (Å²) in [5.41, 5.74) is 1.83. The summed E-state index contributed by atoms with van der Waals surface area (Å²) in [4.78, 5) is 11.3. The Labute approximate surface area is 207 Å². The number of hydrogen-bond acceptors (Lipinski definition) is 3. The van der Waals surface area contributed by atoms with Crippen LogP contribution in [0.5, 0.6) is 0 Å². The summed E-state index contributed by atoms with van der Waals surface area (Å²) >= 11 is 0. The molecular weight excluding hydrogens is 422 g/mol. The summed E-state index contributed by atoms with van der Waals surface area (Å²) in [5.74, 6) is 2.94.